The molecule has 1 fully saturated rings. The minimum Gasteiger partial charge on any atom is -0.370 e. The van der Waals surface area contributed by atoms with Crippen LogP contribution in [0, 0.1) is 0 Å². The Morgan fingerprint density at radius 1 is 0.818 bits per heavy atom. The van der Waals surface area contributed by atoms with E-state index in [0.717, 1.165) is 10.9 Å². The quantitative estimate of drug-likeness (QED) is 0.0403. The second-order valence-electron chi connectivity index (χ2n) is 16.3. The molecule has 7 amide bonds. The number of hydrogen-bond donors (Lipinski definition) is 11. The van der Waals surface area contributed by atoms with Crippen molar-refractivity contribution >= 4 is 91.4 Å². The van der Waals surface area contributed by atoms with Crippen molar-refractivity contribution in [2.24, 2.45) is 22.2 Å². The molecule has 4 aromatic rings. The normalized spacial score (nSPS) is 22.6. The van der Waals surface area contributed by atoms with E-state index in [1.807, 2.05) is 24.3 Å². The lowest BCUT2D eigenvalue weighted by atomic mass is 9.99. The molecule has 0 radical (unpaired) electrons. The first-order chi connectivity index (χ1) is 31.4. The summed E-state index contributed by atoms with van der Waals surface area (Å²) in [4.78, 5) is 112. The van der Waals surface area contributed by atoms with Gasteiger partial charge < -0.3 is 59.1 Å². The van der Waals surface area contributed by atoms with E-state index in [0.29, 0.717) is 21.8 Å². The number of fused-ring (bicyclic) bond motifs is 1. The van der Waals surface area contributed by atoms with Crippen LogP contribution in [-0.2, 0) is 52.8 Å². The minimum absolute atomic E-state index is 0.0226. The predicted molar refractivity (Wildman–Crippen MR) is 255 cm³/mol. The number of primary amides is 1. The zero-order chi connectivity index (χ0) is 48.0. The molecule has 0 saturated carbocycles. The molecule has 1 aliphatic heterocycles. The van der Waals surface area contributed by atoms with Crippen LogP contribution < -0.4 is 49.1 Å². The van der Waals surface area contributed by atoms with Gasteiger partial charge in [0.05, 0.1) is 6.33 Å². The Morgan fingerprint density at radius 3 is 2.09 bits per heavy atom. The minimum atomic E-state index is -1.34. The van der Waals surface area contributed by atoms with Gasteiger partial charge in [0.15, 0.2) is 5.96 Å². The first-order valence-corrected chi connectivity index (χ1v) is 23.8. The van der Waals surface area contributed by atoms with Crippen molar-refractivity contribution in [3.8, 4) is 0 Å². The summed E-state index contributed by atoms with van der Waals surface area (Å²) in [6.45, 7) is 4.77. The van der Waals surface area contributed by atoms with Gasteiger partial charge in [-0.1, -0.05) is 63.5 Å². The predicted octanol–water partition coefficient (Wildman–Crippen LogP) is 0.604. The molecule has 5 rings (SSSR count). The number of nitrogens with two attached hydrogens (primary N) is 3. The summed E-state index contributed by atoms with van der Waals surface area (Å²) in [6.07, 6.45) is 4.68. The van der Waals surface area contributed by atoms with E-state index >= 15 is 0 Å². The Kier molecular flexibility index (Phi) is 18.3. The number of carbonyl (C=O) groups excluding carboxylic acids is 7. The number of benzene rings is 2. The number of H-pyrrole nitrogens is 2. The third kappa shape index (κ3) is 14.9. The number of rotatable bonds is 12. The Bertz CT molecular complexity index is 2380. The van der Waals surface area contributed by atoms with Gasteiger partial charge in [-0.05, 0) is 62.4 Å². The Hall–Kier alpha value is -6.26. The van der Waals surface area contributed by atoms with Gasteiger partial charge in [-0.3, -0.25) is 38.6 Å². The first kappa shape index (κ1) is 50.7. The van der Waals surface area contributed by atoms with Crippen LogP contribution in [0.3, 0.4) is 0 Å². The summed E-state index contributed by atoms with van der Waals surface area (Å²) in [5.41, 5.74) is 19.6. The number of para-hydroxylation sites is 1. The number of nitrogens with zero attached hydrogens (tertiary/aromatic N) is 2. The lowest BCUT2D eigenvalue weighted by molar-refractivity contribution is -0.135. The fraction of sp³-hybridized carbons (Fsp3) is 0.419. The van der Waals surface area contributed by atoms with Crippen LogP contribution in [-0.4, -0.2) is 116 Å². The zero-order valence-corrected chi connectivity index (χ0v) is 39.0. The molecule has 3 heterocycles. The maximum Gasteiger partial charge on any atom is 0.243 e. The summed E-state index contributed by atoms with van der Waals surface area (Å²) in [5, 5.41) is 17.8. The zero-order valence-electron chi connectivity index (χ0n) is 36.7. The largest absolute Gasteiger partial charge is 0.370 e. The highest BCUT2D eigenvalue weighted by Crippen LogP contribution is 2.39. The fourth-order valence-corrected chi connectivity index (χ4v) is 10.1. The fourth-order valence-electron chi connectivity index (χ4n) is 7.23. The van der Waals surface area contributed by atoms with E-state index in [-0.39, 0.29) is 56.8 Å². The van der Waals surface area contributed by atoms with Gasteiger partial charge in [-0.15, -0.1) is 0 Å². The van der Waals surface area contributed by atoms with Crippen LogP contribution in [0.15, 0.2) is 72.2 Å². The van der Waals surface area contributed by atoms with Gasteiger partial charge >= 0.3 is 0 Å². The lowest BCUT2D eigenvalue weighted by Crippen LogP contribution is -2.61. The topological polar surface area (TPSA) is 327 Å². The molecule has 0 aliphatic carbocycles. The molecular weight excluding hydrogens is 910 g/mol. The summed E-state index contributed by atoms with van der Waals surface area (Å²) in [6, 6.07) is 6.36. The van der Waals surface area contributed by atoms with E-state index < -0.39 is 82.3 Å². The molecule has 20 nitrogen and oxygen atoms in total. The van der Waals surface area contributed by atoms with Gasteiger partial charge in [0.1, 0.15) is 36.3 Å². The van der Waals surface area contributed by atoms with E-state index in [9.17, 15) is 33.6 Å². The third-order valence-corrected chi connectivity index (χ3v) is 14.2. The number of guanidine groups is 1. The summed E-state index contributed by atoms with van der Waals surface area (Å²) >= 11 is 6.17. The molecule has 1 saturated heterocycles. The molecule has 6 atom stereocenters. The Morgan fingerprint density at radius 2 is 1.44 bits per heavy atom. The van der Waals surface area contributed by atoms with Crippen molar-refractivity contribution in [1.82, 2.24) is 46.9 Å². The van der Waals surface area contributed by atoms with Gasteiger partial charge in [0.2, 0.25) is 41.4 Å². The number of aromatic nitrogens is 3. The number of aliphatic imine (C=N–C) groups is 1. The van der Waals surface area contributed by atoms with Gasteiger partial charge in [-0.2, -0.15) is 0 Å². The van der Waals surface area contributed by atoms with Gasteiger partial charge in [0, 0.05) is 77.2 Å². The molecular formula is C43H56ClN13O7S2. The smallest absolute Gasteiger partial charge is 0.243 e. The molecule has 354 valence electrons. The molecule has 23 heteroatoms. The Balaban J connectivity index is 1.58. The monoisotopic (exact) mass is 965 g/mol. The molecule has 2 aromatic carbocycles. The molecule has 14 N–H and O–H groups in total. The van der Waals surface area contributed by atoms with E-state index in [1.54, 1.807) is 44.3 Å². The van der Waals surface area contributed by atoms with Crippen molar-refractivity contribution in [3.63, 3.8) is 0 Å². The highest BCUT2D eigenvalue weighted by Gasteiger charge is 2.39. The number of nitrogens with one attached hydrogen (secondary N) is 8. The average Bonchev–Trinajstić information content (AvgIpc) is 3.94. The van der Waals surface area contributed by atoms with Crippen LogP contribution in [0.5, 0.6) is 0 Å². The first-order valence-electron chi connectivity index (χ1n) is 21.1. The number of aromatic amines is 2. The Labute approximate surface area is 394 Å². The van der Waals surface area contributed by atoms with Crippen LogP contribution in [0.25, 0.3) is 10.9 Å². The second-order valence-corrected chi connectivity index (χ2v) is 19.8. The highest BCUT2D eigenvalue weighted by molar-refractivity contribution is 8.77. The van der Waals surface area contributed by atoms with E-state index in [1.165, 1.54) is 41.0 Å². The summed E-state index contributed by atoms with van der Waals surface area (Å²) in [7, 11) is 2.50. The van der Waals surface area contributed by atoms with Crippen molar-refractivity contribution in [2.45, 2.75) is 100 Å². The molecule has 0 spiro atoms. The molecule has 2 aromatic heterocycles. The maximum absolute atomic E-state index is 14.6. The lowest BCUT2D eigenvalue weighted by Gasteiger charge is -2.33. The number of amides is 7. The average molecular weight is 967 g/mol. The van der Waals surface area contributed by atoms with Gasteiger partial charge in [0.25, 0.3) is 0 Å². The maximum atomic E-state index is 14.6. The highest BCUT2D eigenvalue weighted by atomic mass is 35.5. The summed E-state index contributed by atoms with van der Waals surface area (Å²) in [5.74, 6) is -4.97. The van der Waals surface area contributed by atoms with Crippen LogP contribution in [0.4, 0.5) is 0 Å². The number of halogens is 1. The van der Waals surface area contributed by atoms with E-state index in [4.69, 9.17) is 28.8 Å². The number of carbonyl (C=O) groups is 7. The van der Waals surface area contributed by atoms with Crippen molar-refractivity contribution in [3.05, 3.63) is 89.1 Å². The van der Waals surface area contributed by atoms with Crippen LogP contribution in [0.1, 0.15) is 56.9 Å². The van der Waals surface area contributed by atoms with Gasteiger partial charge in [-0.25, -0.2) is 4.98 Å². The molecule has 0 unspecified atom stereocenters. The standard InChI is InChI=1S/C43H56ClN13O7S2/c1-23(58)52-31-14-16-65-66-43(2,3)35(36(45)59)57-41(64)33(18-25-20-50-29-8-5-4-7-28(25)29)55-37(60)30(9-6-15-49-42(46)47)53-39(62)32(17-24-10-12-26(44)13-11-24)54-40(63)34(56-38(31)61)19-27-21-48-22-51-27/h4-5,7-8,10-13,20-22,30-35,50H,6,9,14-19H2,1-3H3,(H2,45,59)(H,48,51)(H,52,58)(H,53,62)(H,54,63)(H,55,60)(H,56,61)(H,57,64)(H4,46,47,49)/t30-,31-,32+,33-,34-,35+/m0/s1. The number of imidazole rings is 1. The van der Waals surface area contributed by atoms with Crippen LogP contribution in [0.2, 0.25) is 5.02 Å². The van der Waals surface area contributed by atoms with E-state index in [2.05, 4.69) is 51.8 Å². The SMILES string of the molecule is CC(=O)N[C@H]1CCSSC(C)(C)[C@@H](C(N)=O)NC(=O)[C@H](Cc2c[nH]c3ccccc23)NC(=O)[C@H](CCCN=C(N)N)NC(=O)[C@@H](Cc2ccc(Cl)cc2)NC(=O)[C@H](Cc2cnc[nH]2)NC1=O. The molecule has 1 aliphatic rings. The molecule has 0 bridgehead atoms. The van der Waals surface area contributed by atoms with Crippen molar-refractivity contribution < 1.29 is 33.6 Å². The number of hydrogen-bond acceptors (Lipinski definition) is 11. The second kappa shape index (κ2) is 23.8. The molecule has 66 heavy (non-hydrogen) atoms. The van der Waals surface area contributed by atoms with Crippen LogP contribution >= 0.6 is 33.2 Å². The van der Waals surface area contributed by atoms with Crippen molar-refractivity contribution in [2.75, 3.05) is 12.3 Å². The van der Waals surface area contributed by atoms with Crippen molar-refractivity contribution in [1.29, 1.82) is 0 Å². The summed E-state index contributed by atoms with van der Waals surface area (Å²) < 4.78 is -1.06. The third-order valence-electron chi connectivity index (χ3n) is 10.6.